The molecule has 0 spiro atoms. The predicted octanol–water partition coefficient (Wildman–Crippen LogP) is 0.583. The van der Waals surface area contributed by atoms with Gasteiger partial charge in [0.25, 0.3) is 0 Å². The Kier molecular flexibility index (Phi) is 94.2. The van der Waals surface area contributed by atoms with Crippen molar-refractivity contribution in [3.63, 3.8) is 0 Å². The maximum atomic E-state index is 6.62. The van der Waals surface area contributed by atoms with Gasteiger partial charge < -0.3 is 0 Å². The molecule has 0 unspecified atom stereocenters. The van der Waals surface area contributed by atoms with E-state index in [-0.39, 0.29) is 24.5 Å². The molecule has 36 valence electrons. The van der Waals surface area contributed by atoms with Crippen molar-refractivity contribution >= 4 is 0 Å². The van der Waals surface area contributed by atoms with Gasteiger partial charge in [-0.1, -0.05) is 12.5 Å². The van der Waals surface area contributed by atoms with E-state index >= 15 is 0 Å². The maximum absolute atomic E-state index is 6.62. The first kappa shape index (κ1) is 18.2. The first-order chi connectivity index (χ1) is 1.41. The third-order valence-corrected chi connectivity index (χ3v) is 0. The van der Waals surface area contributed by atoms with Crippen LogP contribution in [0.15, 0.2) is 0 Å². The summed E-state index contributed by atoms with van der Waals surface area (Å²) in [6.45, 7) is 0. The van der Waals surface area contributed by atoms with Gasteiger partial charge in [0.1, 0.15) is 0 Å². The molecule has 0 aliphatic heterocycles. The van der Waals surface area contributed by atoms with Crippen LogP contribution in [-0.2, 0) is 22.1 Å². The Morgan fingerprint density at radius 2 is 1.20 bits per heavy atom. The minimum atomic E-state index is 0. The zero-order valence-electron chi connectivity index (χ0n) is 1.66. The van der Waals surface area contributed by atoms with E-state index in [1.165, 1.54) is 0 Å². The van der Waals surface area contributed by atoms with Crippen molar-refractivity contribution in [2.75, 3.05) is 0 Å². The first-order valence-corrected chi connectivity index (χ1v) is 0.365. The fraction of sp³-hybridized carbons (Fsp3) is 1.00. The zero-order valence-corrected chi connectivity index (χ0v) is 2.76. The van der Waals surface area contributed by atoms with Crippen LogP contribution in [0.2, 0.25) is 0 Å². The third-order valence-electron chi connectivity index (χ3n) is 0. The van der Waals surface area contributed by atoms with E-state index in [1.54, 1.807) is 0 Å². The Morgan fingerprint density at radius 3 is 1.20 bits per heavy atom. The van der Waals surface area contributed by atoms with Crippen LogP contribution < -0.4 is 0 Å². The van der Waals surface area contributed by atoms with Crippen LogP contribution >= 0.6 is 0 Å². The SMILES string of the molecule is C.OOO.[Fe]. The van der Waals surface area contributed by atoms with Gasteiger partial charge in [-0.3, -0.25) is 0 Å². The minimum Gasteiger partial charge on any atom is -0.221 e. The van der Waals surface area contributed by atoms with Crippen molar-refractivity contribution in [2.45, 2.75) is 7.43 Å². The summed E-state index contributed by atoms with van der Waals surface area (Å²) in [6.07, 6.45) is 0. The Labute approximate surface area is 40.9 Å². The molecule has 0 atom stereocenters. The summed E-state index contributed by atoms with van der Waals surface area (Å²) in [5.74, 6) is 0. The Morgan fingerprint density at radius 1 is 1.20 bits per heavy atom. The molecule has 0 bridgehead atoms. The minimum absolute atomic E-state index is 0. The standard InChI is InChI=1S/CH4.Fe.H2O3/c;;1-3-2/h1H4;;1-2H. The normalized spacial score (nSPS) is 3.60. The summed E-state index contributed by atoms with van der Waals surface area (Å²) < 4.78 is 0. The van der Waals surface area contributed by atoms with E-state index in [9.17, 15) is 0 Å². The Balaban J connectivity index is -0.0000000200. The second-order valence-corrected chi connectivity index (χ2v) is 0.0816. The van der Waals surface area contributed by atoms with Gasteiger partial charge in [0.05, 0.1) is 0 Å². The molecule has 0 saturated heterocycles. The molecule has 3 nitrogen and oxygen atoms in total. The average Bonchev–Trinajstić information content (AvgIpc) is 0.918. The zero-order chi connectivity index (χ0) is 2.71. The van der Waals surface area contributed by atoms with Gasteiger partial charge in [-0.15, -0.1) is 0 Å². The van der Waals surface area contributed by atoms with Crippen molar-refractivity contribution in [2.24, 2.45) is 0 Å². The van der Waals surface area contributed by atoms with E-state index < -0.39 is 0 Å². The molecule has 0 aromatic carbocycles. The van der Waals surface area contributed by atoms with Gasteiger partial charge in [-0.25, -0.2) is 10.5 Å². The van der Waals surface area contributed by atoms with Gasteiger partial charge >= 0.3 is 0 Å². The van der Waals surface area contributed by atoms with Crippen LogP contribution in [0, 0.1) is 0 Å². The Bertz CT molecular complexity index is 6.85. The quantitative estimate of drug-likeness (QED) is 0.280. The van der Waals surface area contributed by atoms with Crippen molar-refractivity contribution in [1.82, 2.24) is 0 Å². The van der Waals surface area contributed by atoms with Gasteiger partial charge in [0.15, 0.2) is 0 Å². The predicted molar refractivity (Wildman–Crippen MR) is 13.1 cm³/mol. The van der Waals surface area contributed by atoms with E-state index in [4.69, 9.17) is 10.5 Å². The number of hydrogen-bond acceptors (Lipinski definition) is 3. The van der Waals surface area contributed by atoms with E-state index in [1.807, 2.05) is 0 Å². The van der Waals surface area contributed by atoms with Crippen LogP contribution in [0.1, 0.15) is 7.43 Å². The molecular weight excluding hydrogens is 116 g/mol. The number of hydrogen-bond donors (Lipinski definition) is 2. The molecule has 0 saturated carbocycles. The second-order valence-electron chi connectivity index (χ2n) is 0.0816. The molecule has 0 aromatic rings. The third kappa shape index (κ3) is 159. The smallest absolute Gasteiger partial charge is 0 e. The molecule has 0 fully saturated rings. The molecule has 0 amide bonds. The van der Waals surface area contributed by atoms with Gasteiger partial charge in [-0.05, 0) is 0 Å². The number of rotatable bonds is 0. The van der Waals surface area contributed by atoms with Crippen molar-refractivity contribution in [3.05, 3.63) is 0 Å². The molecule has 0 radical (unpaired) electrons. The first-order valence-electron chi connectivity index (χ1n) is 0.365. The van der Waals surface area contributed by atoms with Gasteiger partial charge in [0, 0.05) is 17.1 Å². The summed E-state index contributed by atoms with van der Waals surface area (Å²) >= 11 is 0. The fourth-order valence-electron chi connectivity index (χ4n) is 0. The van der Waals surface area contributed by atoms with Crippen LogP contribution in [0.4, 0.5) is 0 Å². The molecule has 0 rings (SSSR count). The second kappa shape index (κ2) is 26.0. The molecule has 0 aliphatic carbocycles. The van der Waals surface area contributed by atoms with Crippen LogP contribution in [0.5, 0.6) is 0 Å². The topological polar surface area (TPSA) is 49.7 Å². The van der Waals surface area contributed by atoms with Crippen LogP contribution in [0.25, 0.3) is 0 Å². The molecule has 0 aromatic heterocycles. The summed E-state index contributed by atoms with van der Waals surface area (Å²) in [4.78, 5) is 0. The van der Waals surface area contributed by atoms with Crippen molar-refractivity contribution in [3.8, 4) is 0 Å². The van der Waals surface area contributed by atoms with Crippen molar-refractivity contribution in [1.29, 1.82) is 0 Å². The molecule has 0 heterocycles. The summed E-state index contributed by atoms with van der Waals surface area (Å²) in [6, 6.07) is 0. The van der Waals surface area contributed by atoms with E-state index in [0.717, 1.165) is 0 Å². The van der Waals surface area contributed by atoms with Gasteiger partial charge in [0.2, 0.25) is 0 Å². The van der Waals surface area contributed by atoms with Crippen LogP contribution in [-0.4, -0.2) is 10.5 Å². The van der Waals surface area contributed by atoms with Crippen molar-refractivity contribution < 1.29 is 32.6 Å². The molecule has 4 heteroatoms. The van der Waals surface area contributed by atoms with E-state index in [0.29, 0.717) is 0 Å². The fourth-order valence-corrected chi connectivity index (χ4v) is 0. The average molecular weight is 122 g/mol. The monoisotopic (exact) mass is 122 g/mol. The summed E-state index contributed by atoms with van der Waals surface area (Å²) in [5.41, 5.74) is 0. The molecule has 2 N–H and O–H groups in total. The largest absolute Gasteiger partial charge is 0.221 e. The Hall–Kier alpha value is 0.399. The van der Waals surface area contributed by atoms with Gasteiger partial charge in [-0.2, -0.15) is 0 Å². The van der Waals surface area contributed by atoms with E-state index in [2.05, 4.69) is 5.04 Å². The summed E-state index contributed by atoms with van der Waals surface area (Å²) in [5, 5.41) is 15.5. The molecular formula is CH6FeO3. The maximum Gasteiger partial charge on any atom is 0 e. The molecule has 5 heavy (non-hydrogen) atoms. The van der Waals surface area contributed by atoms with Crippen LogP contribution in [0.3, 0.4) is 0 Å². The molecule has 0 aliphatic rings. The summed E-state index contributed by atoms with van der Waals surface area (Å²) in [7, 11) is 0.